The molecule has 1 N–H and O–H groups in total. The van der Waals surface area contributed by atoms with Crippen LogP contribution in [0, 0.1) is 0 Å². The summed E-state index contributed by atoms with van der Waals surface area (Å²) in [6.07, 6.45) is 0.996. The van der Waals surface area contributed by atoms with Crippen molar-refractivity contribution in [3.8, 4) is 5.75 Å². The Labute approximate surface area is 163 Å². The summed E-state index contributed by atoms with van der Waals surface area (Å²) in [4.78, 5) is 2.58. The first kappa shape index (κ1) is 21.8. The maximum atomic E-state index is 5.55. The Morgan fingerprint density at radius 1 is 1.12 bits per heavy atom. The van der Waals surface area contributed by atoms with Gasteiger partial charge in [0.2, 0.25) is 0 Å². The van der Waals surface area contributed by atoms with Crippen LogP contribution < -0.4 is 10.1 Å². The van der Waals surface area contributed by atoms with Gasteiger partial charge in [-0.1, -0.05) is 35.9 Å². The monoisotopic (exact) mass is 382 g/mol. The van der Waals surface area contributed by atoms with E-state index in [1.165, 1.54) is 21.9 Å². The number of rotatable bonds is 5. The second kappa shape index (κ2) is 10.0. The van der Waals surface area contributed by atoms with Gasteiger partial charge in [0.15, 0.2) is 0 Å². The predicted molar refractivity (Wildman–Crippen MR) is 112 cm³/mol. The Balaban J connectivity index is 0.00000156. The Morgan fingerprint density at radius 3 is 2.36 bits per heavy atom. The Hall–Kier alpha value is -1.26. The van der Waals surface area contributed by atoms with Crippen LogP contribution in [-0.4, -0.2) is 38.2 Å². The van der Waals surface area contributed by atoms with E-state index < -0.39 is 0 Å². The number of fused-ring (bicyclic) bond motifs is 1. The molecule has 2 aromatic carbocycles. The summed E-state index contributed by atoms with van der Waals surface area (Å²) in [5, 5.41) is 5.92. The molecule has 0 radical (unpaired) electrons. The van der Waals surface area contributed by atoms with Crippen molar-refractivity contribution in [3.63, 3.8) is 0 Å². The van der Waals surface area contributed by atoms with E-state index in [1.54, 1.807) is 7.11 Å². The van der Waals surface area contributed by atoms with Gasteiger partial charge in [-0.2, -0.15) is 0 Å². The lowest BCUT2D eigenvalue weighted by Gasteiger charge is -2.36. The number of piperazine rings is 1. The minimum absolute atomic E-state index is 0. The van der Waals surface area contributed by atoms with Gasteiger partial charge in [0, 0.05) is 37.6 Å². The number of hydrogen-bond donors (Lipinski definition) is 1. The van der Waals surface area contributed by atoms with Crippen LogP contribution in [0.3, 0.4) is 0 Å². The summed E-state index contributed by atoms with van der Waals surface area (Å²) in [6.45, 7) is 10.6. The standard InChI is InChI=1S/C20H26N2O.2ClH/c1-15(2)14-19(22-12-10-21-11-13-22)17-8-9-20(23-3)18-7-5-4-6-16(17)18;;/h4-9,19,21H,1,10-14H2,2-3H3;2*1H/t19-;;/m0../s1. The van der Waals surface area contributed by atoms with E-state index >= 15 is 0 Å². The van der Waals surface area contributed by atoms with E-state index in [-0.39, 0.29) is 24.8 Å². The quantitative estimate of drug-likeness (QED) is 0.764. The highest BCUT2D eigenvalue weighted by atomic mass is 35.5. The molecule has 3 rings (SSSR count). The normalized spacial score (nSPS) is 15.8. The van der Waals surface area contributed by atoms with Gasteiger partial charge in [0.25, 0.3) is 0 Å². The zero-order valence-corrected chi connectivity index (χ0v) is 16.6. The molecule has 5 heteroatoms. The highest BCUT2D eigenvalue weighted by Gasteiger charge is 2.24. The molecular weight excluding hydrogens is 355 g/mol. The molecule has 0 unspecified atom stereocenters. The van der Waals surface area contributed by atoms with Gasteiger partial charge in [0.1, 0.15) is 5.75 Å². The number of ether oxygens (including phenoxy) is 1. The summed E-state index contributed by atoms with van der Waals surface area (Å²) >= 11 is 0. The molecule has 0 amide bonds. The van der Waals surface area contributed by atoms with Crippen molar-refractivity contribution in [2.45, 2.75) is 19.4 Å². The molecular formula is C20H28Cl2N2O. The predicted octanol–water partition coefficient (Wildman–Crippen LogP) is 4.60. The van der Waals surface area contributed by atoms with Gasteiger partial charge in [-0.05, 0) is 30.4 Å². The molecule has 0 aromatic heterocycles. The minimum Gasteiger partial charge on any atom is -0.496 e. The molecule has 1 atom stereocenters. The summed E-state index contributed by atoms with van der Waals surface area (Å²) < 4.78 is 5.55. The number of nitrogens with zero attached hydrogens (tertiary/aromatic N) is 1. The van der Waals surface area contributed by atoms with Gasteiger partial charge >= 0.3 is 0 Å². The van der Waals surface area contributed by atoms with Gasteiger partial charge in [-0.15, -0.1) is 31.4 Å². The average Bonchev–Trinajstić information content (AvgIpc) is 2.59. The van der Waals surface area contributed by atoms with Gasteiger partial charge in [0.05, 0.1) is 7.11 Å². The number of halogens is 2. The van der Waals surface area contributed by atoms with E-state index in [4.69, 9.17) is 4.74 Å². The number of nitrogens with one attached hydrogen (secondary N) is 1. The van der Waals surface area contributed by atoms with E-state index in [0.717, 1.165) is 38.3 Å². The molecule has 1 saturated heterocycles. The second-order valence-electron chi connectivity index (χ2n) is 6.37. The third-order valence-electron chi connectivity index (χ3n) is 4.63. The van der Waals surface area contributed by atoms with Crippen molar-refractivity contribution in [1.29, 1.82) is 0 Å². The van der Waals surface area contributed by atoms with Crippen LogP contribution in [-0.2, 0) is 0 Å². The third kappa shape index (κ3) is 4.89. The minimum atomic E-state index is 0. The van der Waals surface area contributed by atoms with E-state index in [0.29, 0.717) is 6.04 Å². The van der Waals surface area contributed by atoms with E-state index in [9.17, 15) is 0 Å². The molecule has 1 aliphatic rings. The molecule has 1 aliphatic heterocycles. The maximum Gasteiger partial charge on any atom is 0.126 e. The smallest absolute Gasteiger partial charge is 0.126 e. The lowest BCUT2D eigenvalue weighted by atomic mass is 9.92. The summed E-state index contributed by atoms with van der Waals surface area (Å²) in [5.41, 5.74) is 2.61. The lowest BCUT2D eigenvalue weighted by molar-refractivity contribution is 0.173. The SMILES string of the molecule is C=C(C)C[C@@H](c1ccc(OC)c2ccccc12)N1CCNCC1.Cl.Cl. The zero-order valence-electron chi connectivity index (χ0n) is 15.0. The molecule has 0 aliphatic carbocycles. The maximum absolute atomic E-state index is 5.55. The Morgan fingerprint density at radius 2 is 1.76 bits per heavy atom. The van der Waals surface area contributed by atoms with Crippen molar-refractivity contribution in [1.82, 2.24) is 10.2 Å². The first-order valence-electron chi connectivity index (χ1n) is 8.35. The fourth-order valence-electron chi connectivity index (χ4n) is 3.52. The molecule has 3 nitrogen and oxygen atoms in total. The van der Waals surface area contributed by atoms with Crippen molar-refractivity contribution in [3.05, 3.63) is 54.1 Å². The summed E-state index contributed by atoms with van der Waals surface area (Å²) in [5.74, 6) is 0.943. The van der Waals surface area contributed by atoms with E-state index in [2.05, 4.69) is 60.1 Å². The first-order valence-corrected chi connectivity index (χ1v) is 8.35. The molecule has 1 heterocycles. The average molecular weight is 383 g/mol. The Bertz CT molecular complexity index is 699. The van der Waals surface area contributed by atoms with Crippen LogP contribution >= 0.6 is 24.8 Å². The molecule has 0 spiro atoms. The van der Waals surface area contributed by atoms with Crippen LogP contribution in [0.1, 0.15) is 24.9 Å². The van der Waals surface area contributed by atoms with Crippen molar-refractivity contribution in [2.24, 2.45) is 0 Å². The topological polar surface area (TPSA) is 24.5 Å². The number of benzene rings is 2. The third-order valence-corrected chi connectivity index (χ3v) is 4.63. The zero-order chi connectivity index (χ0) is 16.2. The van der Waals surface area contributed by atoms with Crippen LogP contribution in [0.15, 0.2) is 48.6 Å². The largest absolute Gasteiger partial charge is 0.496 e. The molecule has 0 saturated carbocycles. The fourth-order valence-corrected chi connectivity index (χ4v) is 3.52. The molecule has 25 heavy (non-hydrogen) atoms. The molecule has 2 aromatic rings. The van der Waals surface area contributed by atoms with E-state index in [1.807, 2.05) is 0 Å². The summed E-state index contributed by atoms with van der Waals surface area (Å²) in [6, 6.07) is 13.3. The van der Waals surface area contributed by atoms with Gasteiger partial charge < -0.3 is 10.1 Å². The van der Waals surface area contributed by atoms with Crippen LogP contribution in [0.25, 0.3) is 10.8 Å². The first-order chi connectivity index (χ1) is 11.2. The van der Waals surface area contributed by atoms with Crippen molar-refractivity contribution in [2.75, 3.05) is 33.3 Å². The van der Waals surface area contributed by atoms with Gasteiger partial charge in [-0.3, -0.25) is 4.90 Å². The number of hydrogen-bond acceptors (Lipinski definition) is 3. The van der Waals surface area contributed by atoms with Crippen molar-refractivity contribution >= 4 is 35.6 Å². The van der Waals surface area contributed by atoms with Crippen LogP contribution in [0.4, 0.5) is 0 Å². The second-order valence-corrected chi connectivity index (χ2v) is 6.37. The summed E-state index contributed by atoms with van der Waals surface area (Å²) in [7, 11) is 1.74. The highest BCUT2D eigenvalue weighted by molar-refractivity contribution is 5.91. The van der Waals surface area contributed by atoms with Crippen LogP contribution in [0.5, 0.6) is 5.75 Å². The van der Waals surface area contributed by atoms with Gasteiger partial charge in [-0.25, -0.2) is 0 Å². The van der Waals surface area contributed by atoms with Crippen molar-refractivity contribution < 1.29 is 4.74 Å². The highest BCUT2D eigenvalue weighted by Crippen LogP contribution is 2.36. The molecule has 1 fully saturated rings. The molecule has 138 valence electrons. The lowest BCUT2D eigenvalue weighted by Crippen LogP contribution is -2.45. The van der Waals surface area contributed by atoms with Crippen LogP contribution in [0.2, 0.25) is 0 Å². The molecule has 0 bridgehead atoms. The Kier molecular flexibility index (Phi) is 8.74. The number of methoxy groups -OCH3 is 1. The fraction of sp³-hybridized carbons (Fsp3) is 0.400.